The number of ether oxygens (including phenoxy) is 2. The second kappa shape index (κ2) is 8.68. The van der Waals surface area contributed by atoms with E-state index in [0.29, 0.717) is 12.3 Å². The van der Waals surface area contributed by atoms with Gasteiger partial charge in [0.2, 0.25) is 15.9 Å². The molecule has 0 radical (unpaired) electrons. The van der Waals surface area contributed by atoms with Crippen molar-refractivity contribution in [2.75, 3.05) is 20.8 Å². The molecule has 0 atom stereocenters. The number of rotatable bonds is 8. The van der Waals surface area contributed by atoms with Crippen LogP contribution in [0.4, 0.5) is 0 Å². The Morgan fingerprint density at radius 1 is 1.08 bits per heavy atom. The molecule has 7 nitrogen and oxygen atoms in total. The van der Waals surface area contributed by atoms with Gasteiger partial charge in [-0.15, -0.1) is 0 Å². The van der Waals surface area contributed by atoms with Gasteiger partial charge in [0.25, 0.3) is 0 Å². The number of methoxy groups -OCH3 is 2. The average Bonchev–Trinajstić information content (AvgIpc) is 2.65. The van der Waals surface area contributed by atoms with Gasteiger partial charge in [0.05, 0.1) is 20.8 Å². The zero-order valence-corrected chi connectivity index (χ0v) is 15.7. The Kier molecular flexibility index (Phi) is 6.59. The Morgan fingerprint density at radius 2 is 1.81 bits per heavy atom. The van der Waals surface area contributed by atoms with E-state index in [1.165, 1.54) is 32.4 Å². The molecule has 140 valence electrons. The molecule has 8 heteroatoms. The number of sulfonamides is 1. The third-order valence-corrected chi connectivity index (χ3v) is 5.26. The van der Waals surface area contributed by atoms with Gasteiger partial charge in [-0.2, -0.15) is 0 Å². The fourth-order valence-corrected chi connectivity index (χ4v) is 3.43. The van der Waals surface area contributed by atoms with Gasteiger partial charge >= 0.3 is 0 Å². The van der Waals surface area contributed by atoms with Crippen molar-refractivity contribution in [3.05, 3.63) is 53.6 Å². The van der Waals surface area contributed by atoms with Crippen LogP contribution in [0.1, 0.15) is 11.1 Å². The molecular weight excluding hydrogens is 356 g/mol. The fourth-order valence-electron chi connectivity index (χ4n) is 2.30. The van der Waals surface area contributed by atoms with Gasteiger partial charge in [0.15, 0.2) is 0 Å². The van der Waals surface area contributed by atoms with Gasteiger partial charge in [-0.3, -0.25) is 4.79 Å². The lowest BCUT2D eigenvalue weighted by atomic mass is 10.1. The summed E-state index contributed by atoms with van der Waals surface area (Å²) in [6, 6.07) is 12.0. The summed E-state index contributed by atoms with van der Waals surface area (Å²) in [4.78, 5) is 11.9. The molecule has 0 saturated carbocycles. The molecule has 0 unspecified atom stereocenters. The van der Waals surface area contributed by atoms with Gasteiger partial charge in [0.1, 0.15) is 16.4 Å². The first kappa shape index (κ1) is 19.7. The number of carbonyl (C=O) groups excluding carboxylic acids is 1. The molecule has 1 amide bonds. The Balaban J connectivity index is 1.99. The van der Waals surface area contributed by atoms with E-state index in [1.54, 1.807) is 0 Å². The quantitative estimate of drug-likeness (QED) is 0.728. The molecule has 26 heavy (non-hydrogen) atoms. The van der Waals surface area contributed by atoms with E-state index in [1.807, 2.05) is 31.2 Å². The van der Waals surface area contributed by atoms with Crippen LogP contribution in [-0.2, 0) is 21.4 Å². The summed E-state index contributed by atoms with van der Waals surface area (Å²) in [5.74, 6) is 0.179. The first-order valence-corrected chi connectivity index (χ1v) is 9.38. The monoisotopic (exact) mass is 378 g/mol. The summed E-state index contributed by atoms with van der Waals surface area (Å²) in [5, 5.41) is 2.69. The summed E-state index contributed by atoms with van der Waals surface area (Å²) >= 11 is 0. The van der Waals surface area contributed by atoms with Crippen LogP contribution in [0.25, 0.3) is 0 Å². The first-order chi connectivity index (χ1) is 12.4. The average molecular weight is 378 g/mol. The minimum absolute atomic E-state index is 0.0625. The van der Waals surface area contributed by atoms with E-state index in [4.69, 9.17) is 9.47 Å². The van der Waals surface area contributed by atoms with Gasteiger partial charge in [-0.1, -0.05) is 24.3 Å². The Hall–Kier alpha value is -2.58. The highest BCUT2D eigenvalue weighted by molar-refractivity contribution is 7.89. The summed E-state index contributed by atoms with van der Waals surface area (Å²) in [5.41, 5.74) is 2.02. The van der Waals surface area contributed by atoms with Crippen molar-refractivity contribution in [2.24, 2.45) is 0 Å². The molecule has 2 aromatic rings. The van der Waals surface area contributed by atoms with Gasteiger partial charge in [-0.25, -0.2) is 13.1 Å². The molecule has 0 aliphatic heterocycles. The molecule has 0 spiro atoms. The van der Waals surface area contributed by atoms with Gasteiger partial charge in [-0.05, 0) is 30.2 Å². The van der Waals surface area contributed by atoms with Gasteiger partial charge < -0.3 is 14.8 Å². The zero-order chi connectivity index (χ0) is 19.2. The van der Waals surface area contributed by atoms with E-state index < -0.39 is 15.9 Å². The van der Waals surface area contributed by atoms with Crippen molar-refractivity contribution in [2.45, 2.75) is 18.4 Å². The van der Waals surface area contributed by atoms with Crippen LogP contribution in [0.2, 0.25) is 0 Å². The van der Waals surface area contributed by atoms with Crippen molar-refractivity contribution in [3.63, 3.8) is 0 Å². The van der Waals surface area contributed by atoms with Crippen molar-refractivity contribution < 1.29 is 22.7 Å². The van der Waals surface area contributed by atoms with Crippen molar-refractivity contribution in [1.82, 2.24) is 10.0 Å². The minimum atomic E-state index is -3.91. The third kappa shape index (κ3) is 4.96. The smallest absolute Gasteiger partial charge is 0.244 e. The lowest BCUT2D eigenvalue weighted by Crippen LogP contribution is -2.36. The summed E-state index contributed by atoms with van der Waals surface area (Å²) in [6.07, 6.45) is 0. The highest BCUT2D eigenvalue weighted by atomic mass is 32.2. The number of aryl methyl sites for hydroxylation is 1. The van der Waals surface area contributed by atoms with Crippen LogP contribution in [0.5, 0.6) is 11.5 Å². The standard InChI is InChI=1S/C18H22N2O5S/c1-13-6-4-5-7-14(13)11-19-18(21)12-20-26(22,23)17-9-8-15(24-2)10-16(17)25-3/h4-10,20H,11-12H2,1-3H3,(H,19,21). The van der Waals surface area contributed by atoms with E-state index >= 15 is 0 Å². The number of carbonyl (C=O) groups is 1. The minimum Gasteiger partial charge on any atom is -0.497 e. The molecule has 2 aromatic carbocycles. The number of amides is 1. The SMILES string of the molecule is COc1ccc(S(=O)(=O)NCC(=O)NCc2ccccc2C)c(OC)c1. The molecule has 0 aromatic heterocycles. The predicted molar refractivity (Wildman–Crippen MR) is 97.8 cm³/mol. The number of nitrogens with one attached hydrogen (secondary N) is 2. The Labute approximate surface area is 153 Å². The molecule has 2 rings (SSSR count). The molecule has 0 aliphatic rings. The summed E-state index contributed by atoms with van der Waals surface area (Å²) in [6.45, 7) is 1.91. The summed E-state index contributed by atoms with van der Waals surface area (Å²) in [7, 11) is -1.07. The Morgan fingerprint density at radius 3 is 2.46 bits per heavy atom. The van der Waals surface area contributed by atoms with Crippen LogP contribution < -0.4 is 19.5 Å². The van der Waals surface area contributed by atoms with Crippen molar-refractivity contribution >= 4 is 15.9 Å². The zero-order valence-electron chi connectivity index (χ0n) is 14.9. The number of hydrogen-bond donors (Lipinski definition) is 2. The maximum Gasteiger partial charge on any atom is 0.244 e. The van der Waals surface area contributed by atoms with Gasteiger partial charge in [0, 0.05) is 12.6 Å². The van der Waals surface area contributed by atoms with Crippen LogP contribution in [0, 0.1) is 6.92 Å². The third-order valence-electron chi connectivity index (χ3n) is 3.82. The highest BCUT2D eigenvalue weighted by Crippen LogP contribution is 2.28. The molecule has 0 heterocycles. The van der Waals surface area contributed by atoms with E-state index in [-0.39, 0.29) is 17.2 Å². The second-order valence-electron chi connectivity index (χ2n) is 5.54. The van der Waals surface area contributed by atoms with Crippen molar-refractivity contribution in [1.29, 1.82) is 0 Å². The number of hydrogen-bond acceptors (Lipinski definition) is 5. The molecule has 0 bridgehead atoms. The number of benzene rings is 2. The molecule has 0 saturated heterocycles. The lowest BCUT2D eigenvalue weighted by molar-refractivity contribution is -0.120. The maximum atomic E-state index is 12.4. The highest BCUT2D eigenvalue weighted by Gasteiger charge is 2.21. The normalized spacial score (nSPS) is 11.0. The van der Waals surface area contributed by atoms with Crippen LogP contribution in [-0.4, -0.2) is 35.1 Å². The lowest BCUT2D eigenvalue weighted by Gasteiger charge is -2.12. The largest absolute Gasteiger partial charge is 0.497 e. The Bertz CT molecular complexity index is 881. The van der Waals surface area contributed by atoms with Crippen LogP contribution >= 0.6 is 0 Å². The summed E-state index contributed by atoms with van der Waals surface area (Å²) < 4.78 is 37.3. The molecular formula is C18H22N2O5S. The van der Waals surface area contributed by atoms with E-state index in [2.05, 4.69) is 10.0 Å². The first-order valence-electron chi connectivity index (χ1n) is 7.90. The predicted octanol–water partition coefficient (Wildman–Crippen LogP) is 1.61. The fraction of sp³-hybridized carbons (Fsp3) is 0.278. The topological polar surface area (TPSA) is 93.7 Å². The van der Waals surface area contributed by atoms with Crippen LogP contribution in [0.15, 0.2) is 47.4 Å². The maximum absolute atomic E-state index is 12.4. The molecule has 2 N–H and O–H groups in total. The van der Waals surface area contributed by atoms with E-state index in [9.17, 15) is 13.2 Å². The van der Waals surface area contributed by atoms with Crippen molar-refractivity contribution in [3.8, 4) is 11.5 Å². The molecule has 0 aliphatic carbocycles. The second-order valence-corrected chi connectivity index (χ2v) is 7.28. The van der Waals surface area contributed by atoms with E-state index in [0.717, 1.165) is 11.1 Å². The van der Waals surface area contributed by atoms with Crippen LogP contribution in [0.3, 0.4) is 0 Å². The molecule has 0 fully saturated rings.